The van der Waals surface area contributed by atoms with Crippen molar-refractivity contribution in [3.63, 3.8) is 0 Å². The van der Waals surface area contributed by atoms with E-state index in [0.29, 0.717) is 17.6 Å². The highest BCUT2D eigenvalue weighted by molar-refractivity contribution is 6.26. The van der Waals surface area contributed by atoms with E-state index in [1.54, 1.807) is 0 Å². The molecule has 0 amide bonds. The van der Waals surface area contributed by atoms with Gasteiger partial charge in [-0.05, 0) is 141 Å². The highest BCUT2D eigenvalue weighted by atomic mass is 15.3. The van der Waals surface area contributed by atoms with Crippen molar-refractivity contribution in [1.82, 2.24) is 15.0 Å². The first kappa shape index (κ1) is 41.5. The third-order valence-corrected chi connectivity index (χ3v) is 16.1. The van der Waals surface area contributed by atoms with Gasteiger partial charge in [0.05, 0.1) is 16.8 Å². The van der Waals surface area contributed by atoms with Gasteiger partial charge in [-0.2, -0.15) is 9.97 Å². The second-order valence-electron chi connectivity index (χ2n) is 20.3. The average Bonchev–Trinajstić information content (AvgIpc) is 3.67. The van der Waals surface area contributed by atoms with Crippen molar-refractivity contribution in [1.29, 1.82) is 0 Å². The van der Waals surface area contributed by atoms with Crippen LogP contribution in [0.3, 0.4) is 0 Å². The standard InChI is InChI=1S/C69H46N4/c1-68(2)60-40-56-54-30-16-14-28-52(54)51-27-13-15-29-53(51)55(56)39-57(60)58-41-62-64(42-61(58)68)73(63-32-18-17-31-59(63)69(62,49-23-5-3-6-24-49)50-25-7-4-8-26-50)67-71-65(47-35-33-43-19-9-11-21-45(43)37-47)70-66(72-67)48-36-34-44-20-10-12-22-46(44)38-48/h3-42H,1-2H3. The average molecular weight is 931 g/mol. The van der Waals surface area contributed by atoms with Gasteiger partial charge < -0.3 is 0 Å². The Kier molecular flexibility index (Phi) is 8.89. The summed E-state index contributed by atoms with van der Waals surface area (Å²) < 4.78 is 0. The van der Waals surface area contributed by atoms with Crippen molar-refractivity contribution in [3.8, 4) is 33.9 Å². The number of para-hydroxylation sites is 1. The molecule has 0 atom stereocenters. The molecule has 0 saturated carbocycles. The highest BCUT2D eigenvalue weighted by Crippen LogP contribution is 2.61. The maximum Gasteiger partial charge on any atom is 0.238 e. The molecule has 342 valence electrons. The minimum atomic E-state index is -0.734. The van der Waals surface area contributed by atoms with Crippen LogP contribution in [-0.2, 0) is 10.8 Å². The van der Waals surface area contributed by atoms with E-state index in [1.165, 1.54) is 76.5 Å². The van der Waals surface area contributed by atoms with Gasteiger partial charge in [0.25, 0.3) is 0 Å². The Hall–Kier alpha value is -9.25. The number of nitrogens with zero attached hydrogens (tertiary/aromatic N) is 4. The van der Waals surface area contributed by atoms with Crippen molar-refractivity contribution in [2.24, 2.45) is 0 Å². The van der Waals surface area contributed by atoms with E-state index in [2.05, 4.69) is 261 Å². The molecule has 0 saturated heterocycles. The molecule has 13 aromatic rings. The molecular formula is C69H46N4. The van der Waals surface area contributed by atoms with Crippen LogP contribution in [0.15, 0.2) is 243 Å². The number of hydrogen-bond donors (Lipinski definition) is 0. The quantitative estimate of drug-likeness (QED) is 0.161. The third-order valence-electron chi connectivity index (χ3n) is 16.1. The summed E-state index contributed by atoms with van der Waals surface area (Å²) in [4.78, 5) is 18.8. The molecule has 0 N–H and O–H groups in total. The van der Waals surface area contributed by atoms with Gasteiger partial charge in [-0.1, -0.05) is 214 Å². The number of fused-ring (bicyclic) bond motifs is 13. The summed E-state index contributed by atoms with van der Waals surface area (Å²) in [6.07, 6.45) is 0. The van der Waals surface area contributed by atoms with Crippen LogP contribution in [0.5, 0.6) is 0 Å². The topological polar surface area (TPSA) is 41.9 Å². The Morgan fingerprint density at radius 1 is 0.315 bits per heavy atom. The van der Waals surface area contributed by atoms with Crippen LogP contribution in [0.25, 0.3) is 87.8 Å². The number of hydrogen-bond acceptors (Lipinski definition) is 4. The van der Waals surface area contributed by atoms with Crippen LogP contribution in [0.4, 0.5) is 17.3 Å². The minimum absolute atomic E-state index is 0.364. The van der Waals surface area contributed by atoms with Crippen molar-refractivity contribution in [3.05, 3.63) is 276 Å². The van der Waals surface area contributed by atoms with Crippen LogP contribution >= 0.6 is 0 Å². The van der Waals surface area contributed by atoms with Crippen LogP contribution in [0.1, 0.15) is 47.2 Å². The van der Waals surface area contributed by atoms with Gasteiger partial charge in [-0.25, -0.2) is 4.98 Å². The zero-order valence-corrected chi connectivity index (χ0v) is 40.4. The molecule has 0 spiro atoms. The summed E-state index contributed by atoms with van der Waals surface area (Å²) in [7, 11) is 0. The number of benzene rings is 12. The Labute approximate surface area is 423 Å². The second kappa shape index (κ2) is 15.6. The molecule has 1 aliphatic heterocycles. The van der Waals surface area contributed by atoms with E-state index in [4.69, 9.17) is 15.0 Å². The fourth-order valence-corrected chi connectivity index (χ4v) is 12.7. The lowest BCUT2D eigenvalue weighted by Crippen LogP contribution is -2.38. The predicted octanol–water partition coefficient (Wildman–Crippen LogP) is 17.4. The molecule has 15 rings (SSSR count). The first-order chi connectivity index (χ1) is 35.9. The van der Waals surface area contributed by atoms with E-state index in [0.717, 1.165) is 44.4 Å². The largest absolute Gasteiger partial charge is 0.278 e. The first-order valence-corrected chi connectivity index (χ1v) is 25.3. The van der Waals surface area contributed by atoms with Gasteiger partial charge >= 0.3 is 0 Å². The maximum atomic E-state index is 5.58. The molecule has 1 aliphatic carbocycles. The molecule has 2 aliphatic rings. The number of aromatic nitrogens is 3. The Bertz CT molecular complexity index is 4290. The summed E-state index contributed by atoms with van der Waals surface area (Å²) in [5.41, 5.74) is 12.6. The number of anilines is 3. The molecule has 73 heavy (non-hydrogen) atoms. The normalized spacial score (nSPS) is 14.1. The first-order valence-electron chi connectivity index (χ1n) is 25.3. The van der Waals surface area contributed by atoms with Gasteiger partial charge in [-0.15, -0.1) is 0 Å². The van der Waals surface area contributed by atoms with Gasteiger partial charge in [-0.3, -0.25) is 4.90 Å². The van der Waals surface area contributed by atoms with Crippen molar-refractivity contribution >= 4 is 71.2 Å². The van der Waals surface area contributed by atoms with Gasteiger partial charge in [0.2, 0.25) is 5.95 Å². The molecular weight excluding hydrogens is 885 g/mol. The van der Waals surface area contributed by atoms with Gasteiger partial charge in [0.1, 0.15) is 0 Å². The summed E-state index contributed by atoms with van der Waals surface area (Å²) >= 11 is 0. The zero-order chi connectivity index (χ0) is 48.4. The highest BCUT2D eigenvalue weighted by Gasteiger charge is 2.49. The monoisotopic (exact) mass is 930 g/mol. The van der Waals surface area contributed by atoms with E-state index >= 15 is 0 Å². The van der Waals surface area contributed by atoms with Gasteiger partial charge in [0.15, 0.2) is 11.6 Å². The van der Waals surface area contributed by atoms with Crippen molar-refractivity contribution in [2.45, 2.75) is 24.7 Å². The van der Waals surface area contributed by atoms with E-state index in [1.807, 2.05) is 0 Å². The Morgan fingerprint density at radius 3 is 1.34 bits per heavy atom. The summed E-state index contributed by atoms with van der Waals surface area (Å²) in [5.74, 6) is 1.78. The van der Waals surface area contributed by atoms with Crippen LogP contribution < -0.4 is 4.90 Å². The van der Waals surface area contributed by atoms with E-state index in [-0.39, 0.29) is 5.41 Å². The molecule has 12 aromatic carbocycles. The van der Waals surface area contributed by atoms with E-state index < -0.39 is 5.41 Å². The summed E-state index contributed by atoms with van der Waals surface area (Å²) in [5, 5.41) is 12.2. The van der Waals surface area contributed by atoms with Crippen LogP contribution in [-0.4, -0.2) is 15.0 Å². The molecule has 0 bridgehead atoms. The molecule has 0 radical (unpaired) electrons. The Morgan fingerprint density at radius 2 is 0.767 bits per heavy atom. The smallest absolute Gasteiger partial charge is 0.238 e. The van der Waals surface area contributed by atoms with Crippen LogP contribution in [0, 0.1) is 0 Å². The molecule has 1 aromatic heterocycles. The van der Waals surface area contributed by atoms with Crippen molar-refractivity contribution in [2.75, 3.05) is 4.90 Å². The fourth-order valence-electron chi connectivity index (χ4n) is 12.7. The third kappa shape index (κ3) is 6.04. The molecule has 2 heterocycles. The maximum absolute atomic E-state index is 5.58. The Balaban J connectivity index is 1.06. The second-order valence-corrected chi connectivity index (χ2v) is 20.3. The fraction of sp³-hybridized carbons (Fsp3) is 0.0580. The number of rotatable bonds is 5. The molecule has 4 heteroatoms. The van der Waals surface area contributed by atoms with Gasteiger partial charge in [0, 0.05) is 16.5 Å². The minimum Gasteiger partial charge on any atom is -0.278 e. The molecule has 4 nitrogen and oxygen atoms in total. The predicted molar refractivity (Wildman–Crippen MR) is 302 cm³/mol. The molecule has 0 unspecified atom stereocenters. The summed E-state index contributed by atoms with van der Waals surface area (Å²) in [6, 6.07) is 88.9. The summed E-state index contributed by atoms with van der Waals surface area (Å²) in [6.45, 7) is 4.81. The van der Waals surface area contributed by atoms with E-state index in [9.17, 15) is 0 Å². The zero-order valence-electron chi connectivity index (χ0n) is 40.4. The van der Waals surface area contributed by atoms with Crippen LogP contribution in [0.2, 0.25) is 0 Å². The lowest BCUT2D eigenvalue weighted by Gasteiger charge is -2.46. The lowest BCUT2D eigenvalue weighted by molar-refractivity contribution is 0.658. The molecule has 0 fully saturated rings. The van der Waals surface area contributed by atoms with Crippen molar-refractivity contribution < 1.29 is 0 Å². The lowest BCUT2D eigenvalue weighted by atomic mass is 9.62. The SMILES string of the molecule is CC1(C)c2cc3c(cc2-c2cc4c5ccccc5c5ccccc5c4cc21)C(c1ccccc1)(c1ccccc1)c1ccccc1N3c1nc(-c2ccc3ccccc3c2)nc(-c2ccc3ccccc3c2)n1.